The molecule has 4 rings (SSSR count). The zero-order valence-electron chi connectivity index (χ0n) is 20.7. The molecule has 0 saturated carbocycles. The molecular formula is C30H25F3N2O2. The van der Waals surface area contributed by atoms with Crippen LogP contribution in [0.15, 0.2) is 77.6 Å². The van der Waals surface area contributed by atoms with Crippen molar-refractivity contribution in [3.8, 4) is 28.8 Å². The topological polar surface area (TPSA) is 55.0 Å². The van der Waals surface area contributed by atoms with Crippen molar-refractivity contribution >= 4 is 0 Å². The third kappa shape index (κ3) is 5.59. The molecule has 188 valence electrons. The van der Waals surface area contributed by atoms with Gasteiger partial charge < -0.3 is 9.30 Å². The lowest BCUT2D eigenvalue weighted by Gasteiger charge is -2.19. The zero-order valence-corrected chi connectivity index (χ0v) is 20.7. The van der Waals surface area contributed by atoms with Crippen LogP contribution in [0.3, 0.4) is 0 Å². The number of pyridine rings is 1. The van der Waals surface area contributed by atoms with Gasteiger partial charge in [-0.15, -0.1) is 0 Å². The van der Waals surface area contributed by atoms with E-state index in [1.54, 1.807) is 24.3 Å². The van der Waals surface area contributed by atoms with Crippen molar-refractivity contribution in [1.29, 1.82) is 5.26 Å². The summed E-state index contributed by atoms with van der Waals surface area (Å²) in [5, 5.41) is 9.44. The van der Waals surface area contributed by atoms with Gasteiger partial charge in [0.2, 0.25) is 0 Å². The molecule has 1 heterocycles. The molecule has 0 unspecified atom stereocenters. The van der Waals surface area contributed by atoms with Gasteiger partial charge in [0.25, 0.3) is 5.56 Å². The smallest absolute Gasteiger partial charge is 0.417 e. The van der Waals surface area contributed by atoms with Gasteiger partial charge in [-0.3, -0.25) is 4.79 Å². The third-order valence-corrected chi connectivity index (χ3v) is 6.24. The fourth-order valence-corrected chi connectivity index (χ4v) is 4.23. The lowest BCUT2D eigenvalue weighted by molar-refractivity contribution is -0.137. The summed E-state index contributed by atoms with van der Waals surface area (Å²) < 4.78 is 48.6. The Kier molecular flexibility index (Phi) is 7.21. The standard InChI is InChI=1S/C30H25F3N2O2/c1-4-21-6-5-7-25(15-21)37-24-12-10-22(11-13-24)28-16-27(30(31,32)33)26(17-34)29(36)35(28)18-23-9-8-19(2)14-20(23)3/h5-16H,4,18H2,1-3H3. The number of hydrogen-bond acceptors (Lipinski definition) is 3. The second-order valence-electron chi connectivity index (χ2n) is 8.88. The van der Waals surface area contributed by atoms with Crippen LogP contribution < -0.4 is 10.3 Å². The lowest BCUT2D eigenvalue weighted by Crippen LogP contribution is -2.29. The molecule has 0 N–H and O–H groups in total. The van der Waals surface area contributed by atoms with E-state index in [0.717, 1.165) is 34.7 Å². The molecule has 0 radical (unpaired) electrons. The minimum absolute atomic E-state index is 0.0230. The van der Waals surface area contributed by atoms with Gasteiger partial charge in [-0.25, -0.2) is 0 Å². The quantitative estimate of drug-likeness (QED) is 0.276. The highest BCUT2D eigenvalue weighted by atomic mass is 19.4. The number of hydrogen-bond donors (Lipinski definition) is 0. The van der Waals surface area contributed by atoms with Crippen LogP contribution >= 0.6 is 0 Å². The van der Waals surface area contributed by atoms with Crippen LogP contribution in [0.5, 0.6) is 11.5 Å². The number of halogens is 3. The highest BCUT2D eigenvalue weighted by molar-refractivity contribution is 5.64. The largest absolute Gasteiger partial charge is 0.457 e. The third-order valence-electron chi connectivity index (χ3n) is 6.24. The number of nitrogens with zero attached hydrogens (tertiary/aromatic N) is 2. The average molecular weight is 503 g/mol. The highest BCUT2D eigenvalue weighted by Crippen LogP contribution is 2.34. The Hall–Kier alpha value is -4.31. The van der Waals surface area contributed by atoms with E-state index in [9.17, 15) is 23.2 Å². The first kappa shape index (κ1) is 25.8. The summed E-state index contributed by atoms with van der Waals surface area (Å²) in [5.41, 5.74) is 1.12. The predicted molar refractivity (Wildman–Crippen MR) is 137 cm³/mol. The maximum Gasteiger partial charge on any atom is 0.417 e. The lowest BCUT2D eigenvalue weighted by atomic mass is 10.0. The van der Waals surface area contributed by atoms with Gasteiger partial charge in [0.15, 0.2) is 0 Å². The molecule has 0 fully saturated rings. The molecule has 0 bridgehead atoms. The van der Waals surface area contributed by atoms with Crippen LogP contribution in [-0.2, 0) is 19.1 Å². The van der Waals surface area contributed by atoms with Gasteiger partial charge in [-0.2, -0.15) is 18.4 Å². The Bertz CT molecular complexity index is 1550. The molecule has 0 aliphatic carbocycles. The molecule has 7 heteroatoms. The Balaban J connectivity index is 1.81. The predicted octanol–water partition coefficient (Wildman–Crippen LogP) is 7.43. The summed E-state index contributed by atoms with van der Waals surface area (Å²) in [7, 11) is 0. The van der Waals surface area contributed by atoms with Gasteiger partial charge >= 0.3 is 6.18 Å². The Labute approximate surface area is 213 Å². The maximum atomic E-state index is 13.8. The van der Waals surface area contributed by atoms with Gasteiger partial charge in [0.05, 0.1) is 17.8 Å². The molecule has 1 aromatic heterocycles. The summed E-state index contributed by atoms with van der Waals surface area (Å²) in [6.07, 6.45) is -4.00. The second kappa shape index (κ2) is 10.4. The number of aromatic nitrogens is 1. The summed E-state index contributed by atoms with van der Waals surface area (Å²) in [5.74, 6) is 1.15. The SMILES string of the molecule is CCc1cccc(Oc2ccc(-c3cc(C(F)(F)F)c(C#N)c(=O)n3Cc3ccc(C)cc3C)cc2)c1. The van der Waals surface area contributed by atoms with Crippen LogP contribution in [0.1, 0.15) is 40.3 Å². The molecule has 0 atom stereocenters. The van der Waals surface area contributed by atoms with Crippen molar-refractivity contribution in [3.05, 3.63) is 117 Å². The minimum atomic E-state index is -4.86. The van der Waals surface area contributed by atoms with Crippen molar-refractivity contribution in [2.45, 2.75) is 39.9 Å². The molecule has 37 heavy (non-hydrogen) atoms. The number of rotatable bonds is 6. The van der Waals surface area contributed by atoms with E-state index < -0.39 is 22.9 Å². The molecule has 4 aromatic rings. The molecular weight excluding hydrogens is 477 g/mol. The number of nitriles is 1. The summed E-state index contributed by atoms with van der Waals surface area (Å²) in [6, 6.07) is 22.1. The van der Waals surface area contributed by atoms with E-state index in [2.05, 4.69) is 0 Å². The molecule has 0 aliphatic heterocycles. The number of ether oxygens (including phenoxy) is 1. The zero-order chi connectivity index (χ0) is 26.7. The number of benzene rings is 3. The van der Waals surface area contributed by atoms with Crippen molar-refractivity contribution in [2.75, 3.05) is 0 Å². The first-order valence-electron chi connectivity index (χ1n) is 11.8. The molecule has 0 spiro atoms. The first-order chi connectivity index (χ1) is 17.6. The summed E-state index contributed by atoms with van der Waals surface area (Å²) in [4.78, 5) is 13.2. The van der Waals surface area contributed by atoms with Gasteiger partial charge in [0.1, 0.15) is 23.1 Å². The van der Waals surface area contributed by atoms with Crippen LogP contribution in [0.2, 0.25) is 0 Å². The first-order valence-corrected chi connectivity index (χ1v) is 11.8. The fourth-order valence-electron chi connectivity index (χ4n) is 4.23. The monoisotopic (exact) mass is 502 g/mol. The van der Waals surface area contributed by atoms with Gasteiger partial charge in [-0.05, 0) is 85.0 Å². The number of alkyl halides is 3. The summed E-state index contributed by atoms with van der Waals surface area (Å²) in [6.45, 7) is 5.87. The minimum Gasteiger partial charge on any atom is -0.457 e. The van der Waals surface area contributed by atoms with Crippen LogP contribution in [0, 0.1) is 25.2 Å². The maximum absolute atomic E-state index is 13.8. The average Bonchev–Trinajstić information content (AvgIpc) is 2.86. The molecule has 3 aromatic carbocycles. The molecule has 0 amide bonds. The Morgan fingerprint density at radius 1 is 0.946 bits per heavy atom. The Morgan fingerprint density at radius 2 is 1.68 bits per heavy atom. The van der Waals surface area contributed by atoms with E-state index in [4.69, 9.17) is 4.74 Å². The second-order valence-corrected chi connectivity index (χ2v) is 8.88. The summed E-state index contributed by atoms with van der Waals surface area (Å²) >= 11 is 0. The van der Waals surface area contributed by atoms with Crippen LogP contribution in [0.25, 0.3) is 11.3 Å². The Morgan fingerprint density at radius 3 is 2.30 bits per heavy atom. The van der Waals surface area contributed by atoms with Crippen molar-refractivity contribution in [2.24, 2.45) is 0 Å². The van der Waals surface area contributed by atoms with Crippen LogP contribution in [0.4, 0.5) is 13.2 Å². The van der Waals surface area contributed by atoms with Crippen molar-refractivity contribution in [3.63, 3.8) is 0 Å². The normalized spacial score (nSPS) is 11.3. The van der Waals surface area contributed by atoms with Gasteiger partial charge in [0, 0.05) is 0 Å². The highest BCUT2D eigenvalue weighted by Gasteiger charge is 2.36. The molecule has 0 saturated heterocycles. The van der Waals surface area contributed by atoms with E-state index in [1.807, 2.05) is 63.2 Å². The van der Waals surface area contributed by atoms with E-state index in [1.165, 1.54) is 10.6 Å². The number of aryl methyl sites for hydroxylation is 3. The molecule has 4 nitrogen and oxygen atoms in total. The fraction of sp³-hybridized carbons (Fsp3) is 0.200. The van der Waals surface area contributed by atoms with Crippen molar-refractivity contribution < 1.29 is 17.9 Å². The van der Waals surface area contributed by atoms with Crippen LogP contribution in [-0.4, -0.2) is 4.57 Å². The van der Waals surface area contributed by atoms with E-state index in [-0.39, 0.29) is 12.2 Å². The van der Waals surface area contributed by atoms with Gasteiger partial charge in [-0.1, -0.05) is 42.8 Å². The van der Waals surface area contributed by atoms with E-state index in [0.29, 0.717) is 17.1 Å². The van der Waals surface area contributed by atoms with E-state index >= 15 is 0 Å². The van der Waals surface area contributed by atoms with Crippen molar-refractivity contribution in [1.82, 2.24) is 4.57 Å². The molecule has 0 aliphatic rings.